The molecule has 1 fully saturated rings. The fourth-order valence-corrected chi connectivity index (χ4v) is 4.10. The molecule has 1 aliphatic rings. The minimum atomic E-state index is -3.04. The topological polar surface area (TPSA) is 66.5 Å². The van der Waals surface area contributed by atoms with Crippen LogP contribution in [0.1, 0.15) is 53.9 Å². The summed E-state index contributed by atoms with van der Waals surface area (Å²) in [6.45, 7) is 11.1. The highest BCUT2D eigenvalue weighted by molar-refractivity contribution is 7.92. The van der Waals surface area contributed by atoms with E-state index in [0.717, 1.165) is 19.3 Å². The summed E-state index contributed by atoms with van der Waals surface area (Å²) in [5.74, 6) is 0.0654. The van der Waals surface area contributed by atoms with Gasteiger partial charge in [0.2, 0.25) is 0 Å². The highest BCUT2D eigenvalue weighted by Gasteiger charge is 2.37. The highest BCUT2D eigenvalue weighted by Crippen LogP contribution is 2.21. The minimum absolute atomic E-state index is 0.0654. The average molecular weight is 318 g/mol. The van der Waals surface area contributed by atoms with Crippen molar-refractivity contribution in [1.29, 1.82) is 0 Å². The van der Waals surface area contributed by atoms with Gasteiger partial charge in [-0.15, -0.1) is 0 Å². The van der Waals surface area contributed by atoms with E-state index >= 15 is 0 Å². The molecule has 2 atom stereocenters. The standard InChI is InChI=1S/C15H30N2O3S/c1-12-13(2)21(19,20)11-10-17(12)14(18)16-9-7-6-8-15(3,4)5/h12-13H,6-11H2,1-5H3,(H,16,18)/t12-,13+/m0/s1. The minimum Gasteiger partial charge on any atom is -0.338 e. The lowest BCUT2D eigenvalue weighted by atomic mass is 9.90. The number of hydrogen-bond acceptors (Lipinski definition) is 3. The van der Waals surface area contributed by atoms with E-state index in [2.05, 4.69) is 26.1 Å². The van der Waals surface area contributed by atoms with E-state index in [4.69, 9.17) is 0 Å². The Morgan fingerprint density at radius 2 is 1.86 bits per heavy atom. The van der Waals surface area contributed by atoms with Crippen molar-refractivity contribution in [2.24, 2.45) is 5.41 Å². The molecular formula is C15H30N2O3S. The second-order valence-electron chi connectivity index (χ2n) is 7.26. The largest absolute Gasteiger partial charge is 0.338 e. The summed E-state index contributed by atoms with van der Waals surface area (Å²) in [6.07, 6.45) is 3.18. The van der Waals surface area contributed by atoms with Crippen LogP contribution in [0, 0.1) is 5.41 Å². The van der Waals surface area contributed by atoms with Gasteiger partial charge in [0.1, 0.15) is 0 Å². The van der Waals surface area contributed by atoms with E-state index in [-0.39, 0.29) is 17.8 Å². The summed E-state index contributed by atoms with van der Waals surface area (Å²) in [5.41, 5.74) is 0.329. The molecule has 0 aromatic rings. The second kappa shape index (κ2) is 6.99. The van der Waals surface area contributed by atoms with Crippen molar-refractivity contribution in [3.8, 4) is 0 Å². The molecule has 0 unspecified atom stereocenters. The van der Waals surface area contributed by atoms with E-state index < -0.39 is 15.1 Å². The summed E-state index contributed by atoms with van der Waals surface area (Å²) >= 11 is 0. The van der Waals surface area contributed by atoms with Gasteiger partial charge in [0.15, 0.2) is 9.84 Å². The Labute approximate surface area is 129 Å². The summed E-state index contributed by atoms with van der Waals surface area (Å²) < 4.78 is 23.6. The smallest absolute Gasteiger partial charge is 0.317 e. The molecule has 124 valence electrons. The first kappa shape index (κ1) is 18.3. The Hall–Kier alpha value is -0.780. The van der Waals surface area contributed by atoms with Crippen LogP contribution >= 0.6 is 0 Å². The van der Waals surface area contributed by atoms with Gasteiger partial charge in [0.05, 0.1) is 11.0 Å². The molecule has 1 saturated heterocycles. The third-order valence-electron chi connectivity index (χ3n) is 4.24. The van der Waals surface area contributed by atoms with Crippen molar-refractivity contribution in [2.75, 3.05) is 18.8 Å². The van der Waals surface area contributed by atoms with Crippen LogP contribution in [-0.4, -0.2) is 49.5 Å². The zero-order valence-corrected chi connectivity index (χ0v) is 14.8. The van der Waals surface area contributed by atoms with Crippen molar-refractivity contribution < 1.29 is 13.2 Å². The molecular weight excluding hydrogens is 288 g/mol. The van der Waals surface area contributed by atoms with E-state index in [0.29, 0.717) is 18.5 Å². The van der Waals surface area contributed by atoms with Crippen LogP contribution in [0.15, 0.2) is 0 Å². The molecule has 0 aromatic heterocycles. The molecule has 0 aliphatic carbocycles. The van der Waals surface area contributed by atoms with Gasteiger partial charge < -0.3 is 10.2 Å². The first-order valence-corrected chi connectivity index (χ1v) is 9.52. The SMILES string of the molecule is C[C@@H]1[C@H](C)N(C(=O)NCCCCC(C)(C)C)CCS1(=O)=O. The van der Waals surface area contributed by atoms with Crippen LogP contribution in [0.25, 0.3) is 0 Å². The van der Waals surface area contributed by atoms with Crippen molar-refractivity contribution in [3.63, 3.8) is 0 Å². The van der Waals surface area contributed by atoms with Gasteiger partial charge in [-0.25, -0.2) is 13.2 Å². The normalized spacial score (nSPS) is 25.7. The van der Waals surface area contributed by atoms with Crippen molar-refractivity contribution in [1.82, 2.24) is 10.2 Å². The van der Waals surface area contributed by atoms with E-state index in [1.807, 2.05) is 0 Å². The molecule has 0 bridgehead atoms. The van der Waals surface area contributed by atoms with Crippen LogP contribution in [0.3, 0.4) is 0 Å². The molecule has 1 N–H and O–H groups in total. The number of urea groups is 1. The molecule has 0 saturated carbocycles. The lowest BCUT2D eigenvalue weighted by molar-refractivity contribution is 0.178. The van der Waals surface area contributed by atoms with E-state index in [1.165, 1.54) is 0 Å². The molecule has 1 aliphatic heterocycles. The Balaban J connectivity index is 2.36. The van der Waals surface area contributed by atoms with Crippen LogP contribution < -0.4 is 5.32 Å². The van der Waals surface area contributed by atoms with E-state index in [9.17, 15) is 13.2 Å². The monoisotopic (exact) mass is 318 g/mol. The molecule has 1 heterocycles. The second-order valence-corrected chi connectivity index (χ2v) is 9.73. The van der Waals surface area contributed by atoms with Gasteiger partial charge in [0, 0.05) is 19.1 Å². The average Bonchev–Trinajstić information content (AvgIpc) is 2.34. The maximum absolute atomic E-state index is 12.1. The molecule has 21 heavy (non-hydrogen) atoms. The van der Waals surface area contributed by atoms with Gasteiger partial charge in [-0.3, -0.25) is 0 Å². The summed E-state index contributed by atoms with van der Waals surface area (Å²) in [4.78, 5) is 13.8. The molecule has 0 radical (unpaired) electrons. The van der Waals surface area contributed by atoms with E-state index in [1.54, 1.807) is 18.7 Å². The Bertz CT molecular complexity index is 454. The fraction of sp³-hybridized carbons (Fsp3) is 0.933. The third kappa shape index (κ3) is 5.49. The maximum Gasteiger partial charge on any atom is 0.317 e. The molecule has 0 spiro atoms. The quantitative estimate of drug-likeness (QED) is 0.810. The summed E-state index contributed by atoms with van der Waals surface area (Å²) in [7, 11) is -3.04. The number of hydrogen-bond donors (Lipinski definition) is 1. The van der Waals surface area contributed by atoms with Gasteiger partial charge >= 0.3 is 6.03 Å². The van der Waals surface area contributed by atoms with Gasteiger partial charge in [-0.2, -0.15) is 0 Å². The zero-order chi connectivity index (χ0) is 16.3. The Morgan fingerprint density at radius 1 is 1.24 bits per heavy atom. The lowest BCUT2D eigenvalue weighted by Crippen LogP contribution is -2.56. The highest BCUT2D eigenvalue weighted by atomic mass is 32.2. The molecule has 1 rings (SSSR count). The number of unbranched alkanes of at least 4 members (excludes halogenated alkanes) is 1. The third-order valence-corrected chi connectivity index (χ3v) is 6.52. The molecule has 2 amide bonds. The Kier molecular flexibility index (Phi) is 6.08. The first-order valence-electron chi connectivity index (χ1n) is 7.81. The predicted octanol–water partition coefficient (Wildman–Crippen LogP) is 2.42. The number of carbonyl (C=O) groups is 1. The van der Waals surface area contributed by atoms with Crippen LogP contribution in [0.5, 0.6) is 0 Å². The molecule has 6 heteroatoms. The van der Waals surface area contributed by atoms with Crippen molar-refractivity contribution in [2.45, 2.75) is 65.2 Å². The summed E-state index contributed by atoms with van der Waals surface area (Å²) in [6, 6.07) is -0.404. The van der Waals surface area contributed by atoms with Crippen molar-refractivity contribution >= 4 is 15.9 Å². The number of nitrogens with zero attached hydrogens (tertiary/aromatic N) is 1. The number of amides is 2. The molecule has 0 aromatic carbocycles. The maximum atomic E-state index is 12.1. The van der Waals surface area contributed by atoms with Gasteiger partial charge in [-0.1, -0.05) is 27.2 Å². The van der Waals surface area contributed by atoms with Gasteiger partial charge in [-0.05, 0) is 32.1 Å². The lowest BCUT2D eigenvalue weighted by Gasteiger charge is -2.37. The van der Waals surface area contributed by atoms with Gasteiger partial charge in [0.25, 0.3) is 0 Å². The predicted molar refractivity (Wildman–Crippen MR) is 86.1 cm³/mol. The fourth-order valence-electron chi connectivity index (χ4n) is 2.53. The number of carbonyl (C=O) groups excluding carboxylic acids is 1. The zero-order valence-electron chi connectivity index (χ0n) is 14.0. The Morgan fingerprint density at radius 3 is 2.43 bits per heavy atom. The number of sulfone groups is 1. The van der Waals surface area contributed by atoms with Crippen LogP contribution in [-0.2, 0) is 9.84 Å². The van der Waals surface area contributed by atoms with Crippen LogP contribution in [0.4, 0.5) is 4.79 Å². The molecule has 5 nitrogen and oxygen atoms in total. The first-order chi connectivity index (χ1) is 9.54. The summed E-state index contributed by atoms with van der Waals surface area (Å²) in [5, 5.41) is 2.42. The number of rotatable bonds is 4. The van der Waals surface area contributed by atoms with Crippen LogP contribution in [0.2, 0.25) is 0 Å². The number of nitrogens with one attached hydrogen (secondary N) is 1. The van der Waals surface area contributed by atoms with Crippen molar-refractivity contribution in [3.05, 3.63) is 0 Å².